The predicted molar refractivity (Wildman–Crippen MR) is 78.8 cm³/mol. The highest BCUT2D eigenvalue weighted by atomic mass is 28.3. The topological polar surface area (TPSA) is 12.0 Å². The Morgan fingerprint density at radius 3 is 2.24 bits per heavy atom. The minimum absolute atomic E-state index is 0.294. The molecule has 0 saturated heterocycles. The van der Waals surface area contributed by atoms with Gasteiger partial charge in [-0.15, -0.1) is 0 Å². The van der Waals surface area contributed by atoms with E-state index in [2.05, 4.69) is 38.8 Å². The molecule has 2 aliphatic carbocycles. The first kappa shape index (κ1) is 13.6. The molecule has 2 fully saturated rings. The summed E-state index contributed by atoms with van der Waals surface area (Å²) in [6.07, 6.45) is 9.09. The van der Waals surface area contributed by atoms with Crippen LogP contribution in [0.2, 0.25) is 18.6 Å². The van der Waals surface area contributed by atoms with Gasteiger partial charge in [0.25, 0.3) is 0 Å². The van der Waals surface area contributed by atoms with Gasteiger partial charge < -0.3 is 4.98 Å². The summed E-state index contributed by atoms with van der Waals surface area (Å²) in [4.78, 5) is 4.01. The molecule has 0 aromatic carbocycles. The van der Waals surface area contributed by atoms with Gasteiger partial charge in [0.2, 0.25) is 0 Å². The molecule has 2 saturated carbocycles. The Kier molecular flexibility index (Phi) is 3.76. The fraction of sp³-hybridized carbons (Fsp3) is 1.00. The summed E-state index contributed by atoms with van der Waals surface area (Å²) in [6, 6.07) is 0. The molecule has 2 rings (SSSR count). The quantitative estimate of drug-likeness (QED) is 0.712. The van der Waals surface area contributed by atoms with Gasteiger partial charge in [-0.2, -0.15) is 0 Å². The van der Waals surface area contributed by atoms with Crippen molar-refractivity contribution in [3.05, 3.63) is 0 Å². The Labute approximate surface area is 109 Å². The lowest BCUT2D eigenvalue weighted by atomic mass is 9.82. The third kappa shape index (κ3) is 3.14. The highest BCUT2D eigenvalue weighted by Gasteiger charge is 2.46. The predicted octanol–water partition coefficient (Wildman–Crippen LogP) is 4.55. The average Bonchev–Trinajstić information content (AvgIpc) is 2.57. The van der Waals surface area contributed by atoms with Gasteiger partial charge in [-0.25, -0.2) is 0 Å². The third-order valence-electron chi connectivity index (χ3n) is 4.96. The lowest BCUT2D eigenvalue weighted by molar-refractivity contribution is 0.273. The summed E-state index contributed by atoms with van der Waals surface area (Å²) in [5.41, 5.74) is 1.33. The molecule has 0 heterocycles. The van der Waals surface area contributed by atoms with Crippen LogP contribution in [-0.2, 0) is 0 Å². The standard InChI is InChI=1S/C15H31NSi/c1-15(2,3)16-17(4,5)14-11-10-12-8-6-7-9-13(12)14/h12-14,16H,6-11H2,1-5H3. The van der Waals surface area contributed by atoms with E-state index in [1.807, 2.05) is 0 Å². The summed E-state index contributed by atoms with van der Waals surface area (Å²) < 4.78 is 0. The Bertz CT molecular complexity index is 267. The Morgan fingerprint density at radius 2 is 1.59 bits per heavy atom. The molecule has 0 bridgehead atoms. The van der Waals surface area contributed by atoms with Crippen LogP contribution in [0, 0.1) is 11.8 Å². The molecule has 1 N–H and O–H groups in total. The molecule has 0 amide bonds. The molecule has 2 aliphatic rings. The number of fused-ring (bicyclic) bond motifs is 1. The van der Waals surface area contributed by atoms with E-state index < -0.39 is 8.24 Å². The summed E-state index contributed by atoms with van der Waals surface area (Å²) in [6.45, 7) is 12.1. The van der Waals surface area contributed by atoms with Gasteiger partial charge in [0.15, 0.2) is 0 Å². The van der Waals surface area contributed by atoms with Crippen molar-refractivity contribution in [2.75, 3.05) is 0 Å². The van der Waals surface area contributed by atoms with Crippen molar-refractivity contribution in [1.29, 1.82) is 0 Å². The number of hydrogen-bond donors (Lipinski definition) is 1. The number of hydrogen-bond acceptors (Lipinski definition) is 1. The molecule has 0 spiro atoms. The number of rotatable bonds is 2. The molecule has 3 unspecified atom stereocenters. The highest BCUT2D eigenvalue weighted by Crippen LogP contribution is 2.52. The highest BCUT2D eigenvalue weighted by molar-refractivity contribution is 6.76. The molecular weight excluding hydrogens is 222 g/mol. The van der Waals surface area contributed by atoms with Crippen LogP contribution < -0.4 is 4.98 Å². The average molecular weight is 254 g/mol. The molecule has 0 aliphatic heterocycles. The summed E-state index contributed by atoms with van der Waals surface area (Å²) in [5, 5.41) is 0. The molecule has 1 nitrogen and oxygen atoms in total. The summed E-state index contributed by atoms with van der Waals surface area (Å²) in [5.74, 6) is 2.16. The second-order valence-corrected chi connectivity index (χ2v) is 12.4. The van der Waals surface area contributed by atoms with Crippen LogP contribution in [0.1, 0.15) is 59.3 Å². The van der Waals surface area contributed by atoms with Crippen LogP contribution in [0.3, 0.4) is 0 Å². The van der Waals surface area contributed by atoms with Crippen LogP contribution in [-0.4, -0.2) is 13.8 Å². The molecule has 3 atom stereocenters. The Morgan fingerprint density at radius 1 is 0.941 bits per heavy atom. The maximum atomic E-state index is 4.01. The minimum atomic E-state index is -1.26. The van der Waals surface area contributed by atoms with Crippen molar-refractivity contribution in [1.82, 2.24) is 4.98 Å². The van der Waals surface area contributed by atoms with Gasteiger partial charge in [0, 0.05) is 5.54 Å². The van der Waals surface area contributed by atoms with E-state index in [4.69, 9.17) is 0 Å². The van der Waals surface area contributed by atoms with Gasteiger partial charge in [-0.1, -0.05) is 51.6 Å². The van der Waals surface area contributed by atoms with Gasteiger partial charge in [0.05, 0.1) is 0 Å². The van der Waals surface area contributed by atoms with Crippen molar-refractivity contribution < 1.29 is 0 Å². The Balaban J connectivity index is 2.06. The first-order valence-corrected chi connectivity index (χ1v) is 10.7. The zero-order valence-corrected chi connectivity index (χ0v) is 13.5. The van der Waals surface area contributed by atoms with E-state index in [9.17, 15) is 0 Å². The first-order chi connectivity index (χ1) is 7.80. The molecule has 17 heavy (non-hydrogen) atoms. The summed E-state index contributed by atoms with van der Waals surface area (Å²) >= 11 is 0. The van der Waals surface area contributed by atoms with Gasteiger partial charge >= 0.3 is 0 Å². The van der Waals surface area contributed by atoms with E-state index in [1.54, 1.807) is 0 Å². The summed E-state index contributed by atoms with van der Waals surface area (Å²) in [7, 11) is -1.26. The van der Waals surface area contributed by atoms with E-state index in [-0.39, 0.29) is 0 Å². The molecule has 0 radical (unpaired) electrons. The van der Waals surface area contributed by atoms with Crippen molar-refractivity contribution >= 4 is 8.24 Å². The van der Waals surface area contributed by atoms with Gasteiger partial charge in [-0.05, 0) is 38.1 Å². The smallest absolute Gasteiger partial charge is 0.123 e. The largest absolute Gasteiger partial charge is 0.332 e. The molecular formula is C15H31NSi. The minimum Gasteiger partial charge on any atom is -0.332 e. The van der Waals surface area contributed by atoms with Crippen LogP contribution in [0.4, 0.5) is 0 Å². The van der Waals surface area contributed by atoms with E-state index >= 15 is 0 Å². The lowest BCUT2D eigenvalue weighted by Crippen LogP contribution is -2.57. The zero-order chi connectivity index (χ0) is 12.7. The normalized spacial score (nSPS) is 34.8. The van der Waals surface area contributed by atoms with E-state index in [0.717, 1.165) is 17.4 Å². The van der Waals surface area contributed by atoms with Crippen LogP contribution >= 0.6 is 0 Å². The molecule has 0 aromatic heterocycles. The van der Waals surface area contributed by atoms with Crippen molar-refractivity contribution in [3.63, 3.8) is 0 Å². The second kappa shape index (κ2) is 4.69. The maximum Gasteiger partial charge on any atom is 0.123 e. The van der Waals surface area contributed by atoms with Crippen molar-refractivity contribution in [2.45, 2.75) is 83.5 Å². The third-order valence-corrected chi connectivity index (χ3v) is 8.92. The Hall–Kier alpha value is 0.177. The maximum absolute atomic E-state index is 4.01. The van der Waals surface area contributed by atoms with Gasteiger partial charge in [-0.3, -0.25) is 0 Å². The fourth-order valence-corrected chi connectivity index (χ4v) is 9.20. The molecule has 2 heteroatoms. The van der Waals surface area contributed by atoms with Gasteiger partial charge in [0.1, 0.15) is 8.24 Å². The lowest BCUT2D eigenvalue weighted by Gasteiger charge is -2.42. The fourth-order valence-electron chi connectivity index (χ4n) is 4.69. The first-order valence-electron chi connectivity index (χ1n) is 7.59. The van der Waals surface area contributed by atoms with Crippen molar-refractivity contribution in [2.24, 2.45) is 11.8 Å². The van der Waals surface area contributed by atoms with Crippen LogP contribution in [0.25, 0.3) is 0 Å². The second-order valence-electron chi connectivity index (χ2n) is 7.99. The van der Waals surface area contributed by atoms with E-state index in [0.29, 0.717) is 5.54 Å². The van der Waals surface area contributed by atoms with Crippen molar-refractivity contribution in [3.8, 4) is 0 Å². The van der Waals surface area contributed by atoms with E-state index in [1.165, 1.54) is 38.5 Å². The molecule has 100 valence electrons. The molecule has 0 aromatic rings. The SMILES string of the molecule is CC(C)(C)N[Si](C)(C)C1CCC2CCCCC21. The zero-order valence-electron chi connectivity index (χ0n) is 12.5. The van der Waals surface area contributed by atoms with Crippen LogP contribution in [0.15, 0.2) is 0 Å². The van der Waals surface area contributed by atoms with Crippen LogP contribution in [0.5, 0.6) is 0 Å². The monoisotopic (exact) mass is 253 g/mol. The number of nitrogens with one attached hydrogen (secondary N) is 1.